The predicted molar refractivity (Wildman–Crippen MR) is 80.0 cm³/mol. The Morgan fingerprint density at radius 1 is 0.950 bits per heavy atom. The summed E-state index contributed by atoms with van der Waals surface area (Å²) in [6.45, 7) is 4.15. The van der Waals surface area contributed by atoms with Crippen LogP contribution in [-0.2, 0) is 7.05 Å². The lowest BCUT2D eigenvalue weighted by atomic mass is 9.99. The molecule has 2 heteroatoms. The number of benzene rings is 2. The van der Waals surface area contributed by atoms with E-state index < -0.39 is 0 Å². The van der Waals surface area contributed by atoms with Gasteiger partial charge in [0.2, 0.25) is 5.69 Å². The first-order valence-electron chi connectivity index (χ1n) is 6.73. The zero-order valence-corrected chi connectivity index (χ0v) is 11.9. The van der Waals surface area contributed by atoms with Crippen molar-refractivity contribution in [2.45, 2.75) is 13.8 Å². The SMILES string of the molecule is Cc1ccccc1-c1c2ccc(F)cc2cc(C)[n+]1C. The molecule has 0 aliphatic rings. The molecule has 0 saturated heterocycles. The van der Waals surface area contributed by atoms with E-state index in [0.717, 1.165) is 22.2 Å². The van der Waals surface area contributed by atoms with E-state index in [1.54, 1.807) is 6.07 Å². The van der Waals surface area contributed by atoms with Gasteiger partial charge in [-0.25, -0.2) is 4.39 Å². The number of aryl methyl sites for hydroxylation is 2. The van der Waals surface area contributed by atoms with Crippen molar-refractivity contribution < 1.29 is 8.96 Å². The molecule has 1 heterocycles. The number of aromatic nitrogens is 1. The number of pyridine rings is 1. The molecule has 0 atom stereocenters. The van der Waals surface area contributed by atoms with Gasteiger partial charge in [0.05, 0.1) is 5.39 Å². The van der Waals surface area contributed by atoms with Crippen molar-refractivity contribution in [2.24, 2.45) is 7.05 Å². The predicted octanol–water partition coefficient (Wildman–Crippen LogP) is 4.09. The fourth-order valence-electron chi connectivity index (χ4n) is 2.71. The summed E-state index contributed by atoms with van der Waals surface area (Å²) in [7, 11) is 2.06. The van der Waals surface area contributed by atoms with E-state index in [4.69, 9.17) is 0 Å². The average Bonchev–Trinajstić information content (AvgIpc) is 2.42. The first kappa shape index (κ1) is 12.8. The summed E-state index contributed by atoms with van der Waals surface area (Å²) in [6, 6.07) is 15.3. The van der Waals surface area contributed by atoms with Crippen LogP contribution in [0.1, 0.15) is 11.3 Å². The van der Waals surface area contributed by atoms with Crippen LogP contribution in [0.5, 0.6) is 0 Å². The topological polar surface area (TPSA) is 3.88 Å². The maximum absolute atomic E-state index is 13.5. The number of fused-ring (bicyclic) bond motifs is 1. The van der Waals surface area contributed by atoms with Crippen LogP contribution < -0.4 is 4.57 Å². The second kappa shape index (κ2) is 4.71. The summed E-state index contributed by atoms with van der Waals surface area (Å²) in [4.78, 5) is 0. The molecule has 0 aliphatic carbocycles. The molecular formula is C18H17FN+. The number of rotatable bonds is 1. The van der Waals surface area contributed by atoms with Crippen molar-refractivity contribution in [1.82, 2.24) is 0 Å². The van der Waals surface area contributed by atoms with Crippen LogP contribution in [0, 0.1) is 19.7 Å². The third-order valence-corrected chi connectivity index (χ3v) is 3.90. The third-order valence-electron chi connectivity index (χ3n) is 3.90. The molecule has 0 amide bonds. The minimum absolute atomic E-state index is 0.193. The number of nitrogens with zero attached hydrogens (tertiary/aromatic N) is 1. The van der Waals surface area contributed by atoms with Crippen LogP contribution in [-0.4, -0.2) is 0 Å². The van der Waals surface area contributed by atoms with E-state index in [1.165, 1.54) is 17.2 Å². The Morgan fingerprint density at radius 3 is 2.45 bits per heavy atom. The highest BCUT2D eigenvalue weighted by Crippen LogP contribution is 2.28. The Hall–Kier alpha value is -2.22. The number of halogens is 1. The second-order valence-corrected chi connectivity index (χ2v) is 5.24. The average molecular weight is 266 g/mol. The molecule has 3 aromatic rings. The largest absolute Gasteiger partial charge is 0.220 e. The summed E-state index contributed by atoms with van der Waals surface area (Å²) in [5, 5.41) is 2.02. The Labute approximate surface area is 118 Å². The molecule has 0 spiro atoms. The minimum atomic E-state index is -0.193. The molecule has 0 saturated carbocycles. The highest BCUT2D eigenvalue weighted by atomic mass is 19.1. The Morgan fingerprint density at radius 2 is 1.70 bits per heavy atom. The Bertz CT molecular complexity index is 806. The minimum Gasteiger partial charge on any atom is -0.207 e. The van der Waals surface area contributed by atoms with Crippen molar-refractivity contribution in [3.63, 3.8) is 0 Å². The van der Waals surface area contributed by atoms with E-state index in [2.05, 4.69) is 30.7 Å². The summed E-state index contributed by atoms with van der Waals surface area (Å²) in [5.74, 6) is -0.193. The smallest absolute Gasteiger partial charge is 0.207 e. The summed E-state index contributed by atoms with van der Waals surface area (Å²) in [6.07, 6.45) is 0. The van der Waals surface area contributed by atoms with E-state index in [1.807, 2.05) is 31.2 Å². The molecule has 1 nitrogen and oxygen atoms in total. The molecule has 0 fully saturated rings. The zero-order chi connectivity index (χ0) is 14.3. The van der Waals surface area contributed by atoms with Gasteiger partial charge in [-0.2, -0.15) is 4.57 Å². The number of hydrogen-bond acceptors (Lipinski definition) is 0. The molecule has 100 valence electrons. The van der Waals surface area contributed by atoms with Gasteiger partial charge in [-0.15, -0.1) is 0 Å². The highest BCUT2D eigenvalue weighted by molar-refractivity contribution is 5.93. The van der Waals surface area contributed by atoms with Crippen molar-refractivity contribution in [2.75, 3.05) is 0 Å². The summed E-state index contributed by atoms with van der Waals surface area (Å²) in [5.41, 5.74) is 4.66. The van der Waals surface area contributed by atoms with Gasteiger partial charge in [0, 0.05) is 18.6 Å². The molecular weight excluding hydrogens is 249 g/mol. The van der Waals surface area contributed by atoms with Gasteiger partial charge in [0.25, 0.3) is 0 Å². The van der Waals surface area contributed by atoms with Gasteiger partial charge in [-0.1, -0.05) is 18.2 Å². The zero-order valence-electron chi connectivity index (χ0n) is 11.9. The van der Waals surface area contributed by atoms with E-state index in [0.29, 0.717) is 0 Å². The molecule has 0 radical (unpaired) electrons. The van der Waals surface area contributed by atoms with Crippen molar-refractivity contribution in [3.05, 3.63) is 65.6 Å². The van der Waals surface area contributed by atoms with Crippen molar-refractivity contribution in [1.29, 1.82) is 0 Å². The third kappa shape index (κ3) is 1.97. The van der Waals surface area contributed by atoms with Gasteiger partial charge in [-0.3, -0.25) is 0 Å². The van der Waals surface area contributed by atoms with Gasteiger partial charge >= 0.3 is 0 Å². The summed E-state index contributed by atoms with van der Waals surface area (Å²) >= 11 is 0. The van der Waals surface area contributed by atoms with Crippen LogP contribution in [0.3, 0.4) is 0 Å². The van der Waals surface area contributed by atoms with Gasteiger partial charge in [0.15, 0.2) is 5.69 Å². The maximum atomic E-state index is 13.5. The number of hydrogen-bond donors (Lipinski definition) is 0. The lowest BCUT2D eigenvalue weighted by Crippen LogP contribution is -2.35. The van der Waals surface area contributed by atoms with Gasteiger partial charge < -0.3 is 0 Å². The Balaban J connectivity index is 2.45. The van der Waals surface area contributed by atoms with E-state index >= 15 is 0 Å². The molecule has 3 rings (SSSR count). The van der Waals surface area contributed by atoms with Crippen LogP contribution in [0.2, 0.25) is 0 Å². The van der Waals surface area contributed by atoms with E-state index in [9.17, 15) is 4.39 Å². The Kier molecular flexibility index (Phi) is 3.01. The van der Waals surface area contributed by atoms with Crippen LogP contribution in [0.15, 0.2) is 48.5 Å². The lowest BCUT2D eigenvalue weighted by molar-refractivity contribution is -0.665. The molecule has 20 heavy (non-hydrogen) atoms. The summed E-state index contributed by atoms with van der Waals surface area (Å²) < 4.78 is 15.6. The second-order valence-electron chi connectivity index (χ2n) is 5.24. The standard InChI is InChI=1S/C18H17FN/c1-12-6-4-5-7-16(12)18-17-9-8-15(19)11-14(17)10-13(2)20(18)3/h4-11H,1-3H3/q+1. The van der Waals surface area contributed by atoms with E-state index in [-0.39, 0.29) is 5.82 Å². The maximum Gasteiger partial charge on any atom is 0.220 e. The first-order chi connectivity index (χ1) is 9.58. The van der Waals surface area contributed by atoms with Crippen molar-refractivity contribution in [3.8, 4) is 11.3 Å². The first-order valence-corrected chi connectivity index (χ1v) is 6.73. The van der Waals surface area contributed by atoms with Crippen molar-refractivity contribution >= 4 is 10.8 Å². The fraction of sp³-hybridized carbons (Fsp3) is 0.167. The lowest BCUT2D eigenvalue weighted by Gasteiger charge is -2.09. The molecule has 0 unspecified atom stereocenters. The van der Waals surface area contributed by atoms with Gasteiger partial charge in [-0.05, 0) is 42.1 Å². The molecule has 1 aromatic heterocycles. The molecule has 2 aromatic carbocycles. The quantitative estimate of drug-likeness (QED) is 0.584. The molecule has 0 aliphatic heterocycles. The molecule has 0 N–H and O–H groups in total. The van der Waals surface area contributed by atoms with Crippen LogP contribution in [0.4, 0.5) is 4.39 Å². The van der Waals surface area contributed by atoms with Gasteiger partial charge in [0.1, 0.15) is 12.9 Å². The van der Waals surface area contributed by atoms with Crippen LogP contribution in [0.25, 0.3) is 22.0 Å². The van der Waals surface area contributed by atoms with Crippen LogP contribution >= 0.6 is 0 Å². The monoisotopic (exact) mass is 266 g/mol. The normalized spacial score (nSPS) is 11.0. The highest BCUT2D eigenvalue weighted by Gasteiger charge is 2.19. The fourth-order valence-corrected chi connectivity index (χ4v) is 2.71. The molecule has 0 bridgehead atoms.